The summed E-state index contributed by atoms with van der Waals surface area (Å²) in [7, 11) is 0. The van der Waals surface area contributed by atoms with Gasteiger partial charge in [0.05, 0.1) is 11.0 Å². The van der Waals surface area contributed by atoms with Crippen LogP contribution in [0.1, 0.15) is 6.42 Å². The van der Waals surface area contributed by atoms with E-state index in [1.54, 1.807) is 12.1 Å². The minimum atomic E-state index is -0.916. The van der Waals surface area contributed by atoms with E-state index in [4.69, 9.17) is 5.11 Å². The van der Waals surface area contributed by atoms with Crippen molar-refractivity contribution in [3.05, 3.63) is 32.8 Å². The lowest BCUT2D eigenvalue weighted by Crippen LogP contribution is -2.48. The van der Waals surface area contributed by atoms with Crippen LogP contribution in [0.15, 0.2) is 22.7 Å². The van der Waals surface area contributed by atoms with Gasteiger partial charge in [-0.1, -0.05) is 15.9 Å². The molecule has 0 saturated carbocycles. The number of fused-ring (bicyclic) bond motifs is 2. The van der Waals surface area contributed by atoms with Gasteiger partial charge in [-0.15, -0.1) is 0 Å². The summed E-state index contributed by atoms with van der Waals surface area (Å²) in [5.74, 6) is 0. The molecule has 8 heteroatoms. The first-order chi connectivity index (χ1) is 9.47. The van der Waals surface area contributed by atoms with Gasteiger partial charge < -0.3 is 14.9 Å². The van der Waals surface area contributed by atoms with Crippen molar-refractivity contribution >= 4 is 33.4 Å². The first kappa shape index (κ1) is 13.2. The fraction of sp³-hybridized carbons (Fsp3) is 0.417. The number of anilines is 1. The molecule has 1 amide bonds. The number of amides is 1. The number of nitro groups is 1. The molecule has 0 radical (unpaired) electrons. The molecular weight excluding hydrogens is 330 g/mol. The molecule has 2 heterocycles. The highest BCUT2D eigenvalue weighted by Gasteiger charge is 2.46. The number of piperazine rings is 1. The molecule has 106 valence electrons. The van der Waals surface area contributed by atoms with Gasteiger partial charge in [0.25, 0.3) is 5.69 Å². The van der Waals surface area contributed by atoms with Crippen molar-refractivity contribution in [2.45, 2.75) is 18.5 Å². The smallest absolute Gasteiger partial charge is 0.407 e. The van der Waals surface area contributed by atoms with E-state index >= 15 is 0 Å². The number of nitro benzene ring substituents is 1. The predicted octanol–water partition coefficient (Wildman–Crippen LogP) is 2.30. The Morgan fingerprint density at radius 2 is 2.15 bits per heavy atom. The van der Waals surface area contributed by atoms with Gasteiger partial charge in [0, 0.05) is 29.7 Å². The van der Waals surface area contributed by atoms with Crippen LogP contribution in [0.2, 0.25) is 0 Å². The number of benzene rings is 1. The highest BCUT2D eigenvalue weighted by atomic mass is 79.9. The van der Waals surface area contributed by atoms with Gasteiger partial charge in [0.15, 0.2) is 0 Å². The van der Waals surface area contributed by atoms with Crippen molar-refractivity contribution in [2.75, 3.05) is 18.0 Å². The Balaban J connectivity index is 1.92. The molecule has 2 aliphatic rings. The Bertz CT molecular complexity index is 594. The third-order valence-corrected chi connectivity index (χ3v) is 4.42. The second kappa shape index (κ2) is 4.62. The average Bonchev–Trinajstić information content (AvgIpc) is 2.97. The van der Waals surface area contributed by atoms with E-state index in [1.807, 2.05) is 4.90 Å². The van der Waals surface area contributed by atoms with E-state index in [1.165, 1.54) is 11.0 Å². The minimum absolute atomic E-state index is 0.0177. The van der Waals surface area contributed by atoms with E-state index in [9.17, 15) is 14.9 Å². The van der Waals surface area contributed by atoms with E-state index < -0.39 is 11.0 Å². The van der Waals surface area contributed by atoms with Crippen LogP contribution in [0.5, 0.6) is 0 Å². The molecule has 1 aromatic rings. The van der Waals surface area contributed by atoms with E-state index in [0.29, 0.717) is 18.8 Å². The summed E-state index contributed by atoms with van der Waals surface area (Å²) in [6.07, 6.45) is -0.184. The zero-order valence-electron chi connectivity index (χ0n) is 10.4. The molecule has 2 atom stereocenters. The Morgan fingerprint density at radius 3 is 2.70 bits per heavy atom. The summed E-state index contributed by atoms with van der Waals surface area (Å²) in [6, 6.07) is 4.78. The molecule has 2 aliphatic heterocycles. The van der Waals surface area contributed by atoms with Crippen LogP contribution in [0.3, 0.4) is 0 Å². The van der Waals surface area contributed by atoms with Crippen LogP contribution in [0.25, 0.3) is 0 Å². The number of hydrogen-bond acceptors (Lipinski definition) is 4. The molecule has 2 bridgehead atoms. The van der Waals surface area contributed by atoms with Gasteiger partial charge in [-0.3, -0.25) is 10.1 Å². The molecule has 0 spiro atoms. The van der Waals surface area contributed by atoms with Crippen molar-refractivity contribution in [1.82, 2.24) is 4.90 Å². The maximum Gasteiger partial charge on any atom is 0.407 e. The van der Waals surface area contributed by atoms with Crippen LogP contribution < -0.4 is 4.90 Å². The molecule has 3 rings (SSSR count). The van der Waals surface area contributed by atoms with Gasteiger partial charge in [0.1, 0.15) is 5.69 Å². The van der Waals surface area contributed by atoms with E-state index in [2.05, 4.69) is 15.9 Å². The number of likely N-dealkylation sites (tertiary alicyclic amines) is 1. The fourth-order valence-corrected chi connectivity index (χ4v) is 3.43. The molecular formula is C12H12BrN3O4. The maximum atomic E-state index is 11.1. The highest BCUT2D eigenvalue weighted by Crippen LogP contribution is 2.39. The van der Waals surface area contributed by atoms with Gasteiger partial charge in [-0.25, -0.2) is 4.79 Å². The average molecular weight is 342 g/mol. The van der Waals surface area contributed by atoms with E-state index in [0.717, 1.165) is 10.9 Å². The lowest BCUT2D eigenvalue weighted by Gasteiger charge is -2.33. The molecule has 2 fully saturated rings. The normalized spacial score (nSPS) is 24.2. The van der Waals surface area contributed by atoms with Crippen LogP contribution in [-0.4, -0.2) is 46.2 Å². The third-order valence-electron chi connectivity index (χ3n) is 3.93. The van der Waals surface area contributed by atoms with Crippen molar-refractivity contribution in [3.8, 4) is 0 Å². The fourth-order valence-electron chi connectivity index (χ4n) is 3.08. The summed E-state index contributed by atoms with van der Waals surface area (Å²) >= 11 is 3.33. The number of hydrogen-bond donors (Lipinski definition) is 1. The second-order valence-electron chi connectivity index (χ2n) is 5.02. The number of carbonyl (C=O) groups is 1. The zero-order valence-corrected chi connectivity index (χ0v) is 12.0. The summed E-state index contributed by atoms with van der Waals surface area (Å²) in [5.41, 5.74) is 0.615. The van der Waals surface area contributed by atoms with Crippen LogP contribution in [0, 0.1) is 10.1 Å². The lowest BCUT2D eigenvalue weighted by atomic mass is 10.2. The topological polar surface area (TPSA) is 86.9 Å². The number of carboxylic acid groups (broad SMARTS) is 1. The predicted molar refractivity (Wildman–Crippen MR) is 75.1 cm³/mol. The Hall–Kier alpha value is -1.83. The largest absolute Gasteiger partial charge is 0.465 e. The first-order valence-electron chi connectivity index (χ1n) is 6.17. The number of rotatable bonds is 2. The lowest BCUT2D eigenvalue weighted by molar-refractivity contribution is -0.384. The summed E-state index contributed by atoms with van der Waals surface area (Å²) in [4.78, 5) is 25.2. The monoisotopic (exact) mass is 341 g/mol. The Labute approximate surface area is 123 Å². The van der Waals surface area contributed by atoms with Crippen molar-refractivity contribution in [2.24, 2.45) is 0 Å². The summed E-state index contributed by atoms with van der Waals surface area (Å²) in [5, 5.41) is 20.2. The van der Waals surface area contributed by atoms with Gasteiger partial charge in [-0.05, 0) is 18.6 Å². The van der Waals surface area contributed by atoms with Crippen LogP contribution in [0.4, 0.5) is 16.2 Å². The number of nitrogens with zero attached hydrogens (tertiary/aromatic N) is 3. The van der Waals surface area contributed by atoms with Crippen molar-refractivity contribution in [3.63, 3.8) is 0 Å². The maximum absolute atomic E-state index is 11.1. The van der Waals surface area contributed by atoms with Gasteiger partial charge >= 0.3 is 6.09 Å². The quantitative estimate of drug-likeness (QED) is 0.658. The van der Waals surface area contributed by atoms with Crippen molar-refractivity contribution in [1.29, 1.82) is 0 Å². The van der Waals surface area contributed by atoms with Crippen molar-refractivity contribution < 1.29 is 14.8 Å². The summed E-state index contributed by atoms with van der Waals surface area (Å²) in [6.45, 7) is 0.915. The first-order valence-corrected chi connectivity index (χ1v) is 6.97. The molecule has 7 nitrogen and oxygen atoms in total. The van der Waals surface area contributed by atoms with Gasteiger partial charge in [0.2, 0.25) is 0 Å². The van der Waals surface area contributed by atoms with Crippen LogP contribution in [-0.2, 0) is 0 Å². The van der Waals surface area contributed by atoms with Crippen LogP contribution >= 0.6 is 15.9 Å². The second-order valence-corrected chi connectivity index (χ2v) is 5.94. The minimum Gasteiger partial charge on any atom is -0.465 e. The van der Waals surface area contributed by atoms with Gasteiger partial charge in [-0.2, -0.15) is 0 Å². The highest BCUT2D eigenvalue weighted by molar-refractivity contribution is 9.10. The third kappa shape index (κ3) is 2.00. The zero-order chi connectivity index (χ0) is 14.4. The standard InChI is InChI=1S/C12H12BrN3O4/c13-7-1-2-10(16(19)20)11(3-7)14-5-9-4-8(14)6-15(9)12(17)18/h1-3,8-9H,4-6H2,(H,17,18)/t8-,9-/m0/s1. The Morgan fingerprint density at radius 1 is 1.40 bits per heavy atom. The van der Waals surface area contributed by atoms with E-state index in [-0.39, 0.29) is 17.8 Å². The molecule has 1 aromatic carbocycles. The molecule has 1 N–H and O–H groups in total. The molecule has 0 unspecified atom stereocenters. The SMILES string of the molecule is O=C(O)N1C[C@@H]2C[C@H]1CN2c1cc(Br)ccc1[N+](=O)[O-]. The summed E-state index contributed by atoms with van der Waals surface area (Å²) < 4.78 is 0.774. The molecule has 20 heavy (non-hydrogen) atoms. The number of halogens is 1. The molecule has 0 aromatic heterocycles. The molecule has 2 saturated heterocycles. The molecule has 0 aliphatic carbocycles. The Kier molecular flexibility index (Phi) is 3.04.